The number of nitrogens with zero attached hydrogens (tertiary/aromatic N) is 1. The van der Waals surface area contributed by atoms with E-state index in [2.05, 4.69) is 10.6 Å². The zero-order valence-electron chi connectivity index (χ0n) is 10.7. The normalized spacial score (nSPS) is 23.7. The molecule has 0 aromatic rings. The third-order valence-corrected chi connectivity index (χ3v) is 3.20. The predicted octanol–water partition coefficient (Wildman–Crippen LogP) is -0.371. The van der Waals surface area contributed by atoms with Gasteiger partial charge >= 0.3 is 12.0 Å². The first-order valence-corrected chi connectivity index (χ1v) is 5.85. The first kappa shape index (κ1) is 14.4. The van der Waals surface area contributed by atoms with Crippen molar-refractivity contribution < 1.29 is 19.5 Å². The molecule has 1 unspecified atom stereocenters. The van der Waals surface area contributed by atoms with Gasteiger partial charge < -0.3 is 15.3 Å². The summed E-state index contributed by atoms with van der Waals surface area (Å²) in [5.41, 5.74) is -0.725. The summed E-state index contributed by atoms with van der Waals surface area (Å²) in [6.07, 6.45) is 0.766. The molecule has 0 aliphatic carbocycles. The number of hydrogen-bond donors (Lipinski definition) is 3. The molecule has 0 spiro atoms. The fraction of sp³-hybridized carbons (Fsp3) is 0.727. The number of hydrogen-bond acceptors (Lipinski definition) is 4. The fourth-order valence-corrected chi connectivity index (χ4v) is 1.93. The number of carbonyl (C=O) groups excluding carboxylic acids is 2. The molecule has 0 aromatic heterocycles. The molecule has 0 aromatic carbocycles. The number of carboxylic acids is 1. The summed E-state index contributed by atoms with van der Waals surface area (Å²) in [5.74, 6) is -1.17. The SMILES string of the molecule is CNC(=O)NC(=O)CCN1CCC(C)(C(=O)O)C1. The molecule has 1 aliphatic rings. The number of aliphatic carboxylic acids is 1. The highest BCUT2D eigenvalue weighted by Crippen LogP contribution is 2.29. The minimum absolute atomic E-state index is 0.184. The second kappa shape index (κ2) is 5.81. The Bertz CT molecular complexity index is 358. The van der Waals surface area contributed by atoms with Crippen LogP contribution in [0.25, 0.3) is 0 Å². The molecule has 7 nitrogen and oxygen atoms in total. The van der Waals surface area contributed by atoms with Gasteiger partial charge in [0.05, 0.1) is 5.41 Å². The van der Waals surface area contributed by atoms with Crippen LogP contribution in [0.4, 0.5) is 4.79 Å². The third kappa shape index (κ3) is 3.69. The van der Waals surface area contributed by atoms with Gasteiger partial charge in [-0.3, -0.25) is 14.9 Å². The van der Waals surface area contributed by atoms with E-state index < -0.39 is 17.4 Å². The van der Waals surface area contributed by atoms with Gasteiger partial charge in [0.25, 0.3) is 0 Å². The molecule has 7 heteroatoms. The van der Waals surface area contributed by atoms with Gasteiger partial charge in [0.15, 0.2) is 0 Å². The Morgan fingerprint density at radius 2 is 2.06 bits per heavy atom. The third-order valence-electron chi connectivity index (χ3n) is 3.20. The van der Waals surface area contributed by atoms with E-state index in [-0.39, 0.29) is 12.3 Å². The average molecular weight is 257 g/mol. The van der Waals surface area contributed by atoms with Crippen LogP contribution in [0, 0.1) is 5.41 Å². The van der Waals surface area contributed by atoms with Gasteiger partial charge in [0.2, 0.25) is 5.91 Å². The standard InChI is InChI=1S/C11H19N3O4/c1-11(9(16)17)4-6-14(7-11)5-3-8(15)13-10(18)12-2/h3-7H2,1-2H3,(H,16,17)(H2,12,13,15,18). The zero-order chi connectivity index (χ0) is 13.8. The van der Waals surface area contributed by atoms with Crippen molar-refractivity contribution in [2.45, 2.75) is 19.8 Å². The maximum absolute atomic E-state index is 11.3. The molecule has 1 saturated heterocycles. The Labute approximate surface area is 106 Å². The molecule has 0 radical (unpaired) electrons. The largest absolute Gasteiger partial charge is 0.481 e. The summed E-state index contributed by atoms with van der Waals surface area (Å²) >= 11 is 0. The lowest BCUT2D eigenvalue weighted by atomic mass is 9.90. The van der Waals surface area contributed by atoms with E-state index in [0.29, 0.717) is 26.1 Å². The number of carboxylic acid groups (broad SMARTS) is 1. The molecule has 0 bridgehead atoms. The van der Waals surface area contributed by atoms with Crippen molar-refractivity contribution >= 4 is 17.9 Å². The molecule has 3 N–H and O–H groups in total. The Morgan fingerprint density at radius 3 is 2.56 bits per heavy atom. The molecule has 1 heterocycles. The van der Waals surface area contributed by atoms with Crippen molar-refractivity contribution in [2.24, 2.45) is 5.41 Å². The van der Waals surface area contributed by atoms with Crippen LogP contribution >= 0.6 is 0 Å². The van der Waals surface area contributed by atoms with Crippen LogP contribution < -0.4 is 10.6 Å². The summed E-state index contributed by atoms with van der Waals surface area (Å²) in [6, 6.07) is -0.531. The highest BCUT2D eigenvalue weighted by Gasteiger charge is 2.40. The van der Waals surface area contributed by atoms with Gasteiger partial charge in [-0.05, 0) is 19.9 Å². The van der Waals surface area contributed by atoms with Crippen molar-refractivity contribution in [3.05, 3.63) is 0 Å². The molecule has 1 rings (SSSR count). The molecule has 1 fully saturated rings. The summed E-state index contributed by atoms with van der Waals surface area (Å²) < 4.78 is 0. The van der Waals surface area contributed by atoms with Gasteiger partial charge in [0, 0.05) is 26.6 Å². The van der Waals surface area contributed by atoms with E-state index in [4.69, 9.17) is 5.11 Å². The first-order valence-electron chi connectivity index (χ1n) is 5.85. The maximum atomic E-state index is 11.3. The number of amides is 3. The molecule has 3 amide bonds. The lowest BCUT2D eigenvalue weighted by Crippen LogP contribution is -2.39. The van der Waals surface area contributed by atoms with Crippen molar-refractivity contribution in [3.63, 3.8) is 0 Å². The van der Waals surface area contributed by atoms with Gasteiger partial charge in [-0.1, -0.05) is 0 Å². The summed E-state index contributed by atoms with van der Waals surface area (Å²) in [5, 5.41) is 13.5. The molecular weight excluding hydrogens is 238 g/mol. The van der Waals surface area contributed by atoms with Crippen molar-refractivity contribution in [2.75, 3.05) is 26.7 Å². The van der Waals surface area contributed by atoms with Gasteiger partial charge in [-0.15, -0.1) is 0 Å². The van der Waals surface area contributed by atoms with Crippen molar-refractivity contribution in [3.8, 4) is 0 Å². The van der Waals surface area contributed by atoms with Crippen LogP contribution in [-0.2, 0) is 9.59 Å². The second-order valence-electron chi connectivity index (χ2n) is 4.77. The van der Waals surface area contributed by atoms with E-state index in [1.54, 1.807) is 6.92 Å². The Balaban J connectivity index is 2.32. The van der Waals surface area contributed by atoms with E-state index in [0.717, 1.165) is 0 Å². The fourth-order valence-electron chi connectivity index (χ4n) is 1.93. The molecule has 1 aliphatic heterocycles. The zero-order valence-corrected chi connectivity index (χ0v) is 10.7. The van der Waals surface area contributed by atoms with Crippen LogP contribution in [0.2, 0.25) is 0 Å². The van der Waals surface area contributed by atoms with Crippen LogP contribution in [0.3, 0.4) is 0 Å². The highest BCUT2D eigenvalue weighted by atomic mass is 16.4. The van der Waals surface area contributed by atoms with E-state index >= 15 is 0 Å². The second-order valence-corrected chi connectivity index (χ2v) is 4.77. The first-order chi connectivity index (χ1) is 8.37. The highest BCUT2D eigenvalue weighted by molar-refractivity contribution is 5.94. The van der Waals surface area contributed by atoms with E-state index in [9.17, 15) is 14.4 Å². The number of nitrogens with one attached hydrogen (secondary N) is 2. The van der Waals surface area contributed by atoms with Crippen molar-refractivity contribution in [1.82, 2.24) is 15.5 Å². The Morgan fingerprint density at radius 1 is 1.39 bits per heavy atom. The van der Waals surface area contributed by atoms with Gasteiger partial charge in [-0.25, -0.2) is 4.79 Å². The van der Waals surface area contributed by atoms with Gasteiger partial charge in [0.1, 0.15) is 0 Å². The summed E-state index contributed by atoms with van der Waals surface area (Å²) in [4.78, 5) is 35.2. The van der Waals surface area contributed by atoms with E-state index in [1.807, 2.05) is 4.90 Å². The molecule has 18 heavy (non-hydrogen) atoms. The lowest BCUT2D eigenvalue weighted by molar-refractivity contribution is -0.147. The van der Waals surface area contributed by atoms with Crippen LogP contribution in [0.5, 0.6) is 0 Å². The number of imide groups is 1. The predicted molar refractivity (Wildman–Crippen MR) is 64.0 cm³/mol. The quantitative estimate of drug-likeness (QED) is 0.638. The lowest BCUT2D eigenvalue weighted by Gasteiger charge is -2.19. The summed E-state index contributed by atoms with van der Waals surface area (Å²) in [7, 11) is 1.43. The van der Waals surface area contributed by atoms with Crippen LogP contribution in [0.15, 0.2) is 0 Å². The van der Waals surface area contributed by atoms with E-state index in [1.165, 1.54) is 7.05 Å². The molecular formula is C11H19N3O4. The van der Waals surface area contributed by atoms with Crippen molar-refractivity contribution in [1.29, 1.82) is 0 Å². The number of urea groups is 1. The van der Waals surface area contributed by atoms with Crippen LogP contribution in [-0.4, -0.2) is 54.6 Å². The Kier molecular flexibility index (Phi) is 4.66. The van der Waals surface area contributed by atoms with Crippen LogP contribution in [0.1, 0.15) is 19.8 Å². The maximum Gasteiger partial charge on any atom is 0.321 e. The molecule has 0 saturated carbocycles. The average Bonchev–Trinajstić information content (AvgIpc) is 2.70. The van der Waals surface area contributed by atoms with Gasteiger partial charge in [-0.2, -0.15) is 0 Å². The monoisotopic (exact) mass is 257 g/mol. The number of likely N-dealkylation sites (tertiary alicyclic amines) is 1. The minimum Gasteiger partial charge on any atom is -0.481 e. The smallest absolute Gasteiger partial charge is 0.321 e. The molecule has 1 atom stereocenters. The summed E-state index contributed by atoms with van der Waals surface area (Å²) in [6.45, 7) is 3.28. The Hall–Kier alpha value is -1.63. The number of carbonyl (C=O) groups is 3. The topological polar surface area (TPSA) is 98.7 Å². The minimum atomic E-state index is -0.806. The number of rotatable bonds is 4. The molecule has 102 valence electrons.